The van der Waals surface area contributed by atoms with Crippen molar-refractivity contribution in [1.82, 2.24) is 9.97 Å². The molecule has 118 valence electrons. The molecule has 24 heavy (non-hydrogen) atoms. The van der Waals surface area contributed by atoms with E-state index in [-0.39, 0.29) is 10.1 Å². The molecule has 0 fully saturated rings. The fraction of sp³-hybridized carbons (Fsp3) is 0. The number of carboxylic acid groups (broad SMARTS) is 1. The molecule has 0 radical (unpaired) electrons. The minimum atomic E-state index is -1.27. The van der Waals surface area contributed by atoms with Gasteiger partial charge in [0.2, 0.25) is 0 Å². The molecule has 6 heteroatoms. The van der Waals surface area contributed by atoms with Gasteiger partial charge in [-0.05, 0) is 36.0 Å². The fourth-order valence-corrected chi connectivity index (χ4v) is 3.21. The van der Waals surface area contributed by atoms with Crippen molar-refractivity contribution < 1.29 is 14.3 Å². The molecule has 2 heterocycles. The van der Waals surface area contributed by atoms with Crippen LogP contribution in [0.25, 0.3) is 28.1 Å². The molecule has 0 bridgehead atoms. The molecule has 0 amide bonds. The lowest BCUT2D eigenvalue weighted by atomic mass is 10.1. The number of aromatic nitrogens is 2. The second-order valence-corrected chi connectivity index (χ2v) is 6.13. The minimum absolute atomic E-state index is 0.0336. The number of H-pyrrole nitrogens is 1. The molecule has 0 aliphatic carbocycles. The van der Waals surface area contributed by atoms with E-state index in [0.717, 1.165) is 28.2 Å². The van der Waals surface area contributed by atoms with Crippen molar-refractivity contribution in [3.8, 4) is 0 Å². The van der Waals surface area contributed by atoms with Gasteiger partial charge >= 0.3 is 0 Å². The maximum atomic E-state index is 11.5. The number of carboxylic acids is 1. The number of nitrogens with zero attached hydrogens (tertiary/aromatic N) is 1. The number of hydrogen-bond acceptors (Lipinski definition) is 5. The number of carbonyl (C=O) groups is 1. The topological polar surface area (TPSA) is 82.0 Å². The van der Waals surface area contributed by atoms with Crippen molar-refractivity contribution in [2.24, 2.45) is 0 Å². The van der Waals surface area contributed by atoms with Gasteiger partial charge in [-0.3, -0.25) is 0 Å². The van der Waals surface area contributed by atoms with Crippen LogP contribution in [0.4, 0.5) is 0 Å². The second kappa shape index (κ2) is 5.90. The highest BCUT2D eigenvalue weighted by atomic mass is 32.2. The maximum Gasteiger partial charge on any atom is 0.261 e. The highest BCUT2D eigenvalue weighted by Crippen LogP contribution is 2.31. The zero-order chi connectivity index (χ0) is 16.5. The lowest BCUT2D eigenvalue weighted by molar-refractivity contribution is -0.298. The second-order valence-electron chi connectivity index (χ2n) is 5.14. The first-order valence-corrected chi connectivity index (χ1v) is 8.05. The summed E-state index contributed by atoms with van der Waals surface area (Å²) in [5, 5.41) is 12.7. The monoisotopic (exact) mass is 335 g/mol. The Kier molecular flexibility index (Phi) is 3.59. The molecule has 4 aromatic rings. The summed E-state index contributed by atoms with van der Waals surface area (Å²) in [6.07, 6.45) is 3.33. The van der Waals surface area contributed by atoms with E-state index in [1.165, 1.54) is 0 Å². The summed E-state index contributed by atoms with van der Waals surface area (Å²) >= 11 is 0.937. The molecule has 0 saturated carbocycles. The van der Waals surface area contributed by atoms with Gasteiger partial charge in [0.25, 0.3) is 5.22 Å². The number of carbonyl (C=O) groups excluding carboxylic acids is 1. The van der Waals surface area contributed by atoms with Crippen LogP contribution < -0.4 is 5.11 Å². The van der Waals surface area contributed by atoms with Gasteiger partial charge < -0.3 is 19.3 Å². The Morgan fingerprint density at radius 3 is 2.79 bits per heavy atom. The van der Waals surface area contributed by atoms with Gasteiger partial charge in [0, 0.05) is 27.6 Å². The predicted molar refractivity (Wildman–Crippen MR) is 91.1 cm³/mol. The molecule has 1 N–H and O–H groups in total. The molecular formula is C18H11N2O3S-. The Morgan fingerprint density at radius 2 is 1.96 bits per heavy atom. The van der Waals surface area contributed by atoms with E-state index in [1.54, 1.807) is 18.3 Å². The summed E-state index contributed by atoms with van der Waals surface area (Å²) in [5.41, 5.74) is 3.01. The third-order valence-corrected chi connectivity index (χ3v) is 4.43. The average Bonchev–Trinajstić information content (AvgIpc) is 3.18. The number of nitrogens with one attached hydrogen (secondary N) is 1. The Morgan fingerprint density at radius 1 is 1.17 bits per heavy atom. The maximum absolute atomic E-state index is 11.5. The van der Waals surface area contributed by atoms with Crippen LogP contribution in [-0.4, -0.2) is 15.9 Å². The molecule has 2 aromatic heterocycles. The highest BCUT2D eigenvalue weighted by molar-refractivity contribution is 8.03. The third kappa shape index (κ3) is 2.68. The first-order valence-electron chi connectivity index (χ1n) is 7.23. The third-order valence-electron chi connectivity index (χ3n) is 3.58. The molecule has 2 aromatic carbocycles. The summed E-state index contributed by atoms with van der Waals surface area (Å²) < 4.78 is 5.57. The normalized spacial score (nSPS) is 12.1. The highest BCUT2D eigenvalue weighted by Gasteiger charge is 2.11. The lowest BCUT2D eigenvalue weighted by Crippen LogP contribution is -2.22. The molecule has 5 nitrogen and oxygen atoms in total. The number of aromatic amines is 1. The van der Waals surface area contributed by atoms with Gasteiger partial charge in [-0.1, -0.05) is 30.3 Å². The zero-order valence-corrected chi connectivity index (χ0v) is 13.2. The summed E-state index contributed by atoms with van der Waals surface area (Å²) in [6, 6.07) is 15.0. The molecule has 4 rings (SSSR count). The van der Waals surface area contributed by atoms with E-state index in [2.05, 4.69) is 9.97 Å². The lowest BCUT2D eigenvalue weighted by Gasteiger charge is -2.05. The van der Waals surface area contributed by atoms with Crippen molar-refractivity contribution in [2.75, 3.05) is 0 Å². The van der Waals surface area contributed by atoms with E-state index in [9.17, 15) is 9.90 Å². The Hall–Kier alpha value is -2.99. The van der Waals surface area contributed by atoms with Crippen molar-refractivity contribution in [1.29, 1.82) is 0 Å². The quantitative estimate of drug-likeness (QED) is 0.457. The van der Waals surface area contributed by atoms with Crippen LogP contribution in [0.3, 0.4) is 0 Å². The van der Waals surface area contributed by atoms with E-state index < -0.39 is 5.97 Å². The Bertz CT molecular complexity index is 1040. The van der Waals surface area contributed by atoms with E-state index in [0.29, 0.717) is 11.1 Å². The van der Waals surface area contributed by atoms with Crippen molar-refractivity contribution in [3.63, 3.8) is 0 Å². The predicted octanol–water partition coefficient (Wildman–Crippen LogP) is 3.19. The van der Waals surface area contributed by atoms with Crippen molar-refractivity contribution in [3.05, 3.63) is 65.2 Å². The van der Waals surface area contributed by atoms with Crippen molar-refractivity contribution >= 4 is 45.8 Å². The van der Waals surface area contributed by atoms with Gasteiger partial charge in [0.15, 0.2) is 5.58 Å². The molecular weight excluding hydrogens is 324 g/mol. The van der Waals surface area contributed by atoms with Gasteiger partial charge in [-0.15, -0.1) is 0 Å². The zero-order valence-electron chi connectivity index (χ0n) is 12.4. The van der Waals surface area contributed by atoms with Crippen LogP contribution in [0.5, 0.6) is 0 Å². The van der Waals surface area contributed by atoms with Crippen LogP contribution in [0, 0.1) is 0 Å². The fourth-order valence-electron chi connectivity index (χ4n) is 2.47. The number of fused-ring (bicyclic) bond motifs is 2. The Labute approximate surface area is 141 Å². The first-order chi connectivity index (χ1) is 11.7. The Balaban J connectivity index is 1.72. The van der Waals surface area contributed by atoms with Gasteiger partial charge in [-0.25, -0.2) is 4.98 Å². The molecule has 0 saturated heterocycles. The van der Waals surface area contributed by atoms with Gasteiger partial charge in [0.1, 0.15) is 5.52 Å². The number of thioether (sulfide) groups is 1. The molecule has 0 aliphatic heterocycles. The summed E-state index contributed by atoms with van der Waals surface area (Å²) in [6.45, 7) is 0. The smallest absolute Gasteiger partial charge is 0.261 e. The summed E-state index contributed by atoms with van der Waals surface area (Å²) in [5.74, 6) is -1.27. The number of para-hydroxylation sites is 3. The molecule has 0 spiro atoms. The van der Waals surface area contributed by atoms with Gasteiger partial charge in [-0.2, -0.15) is 0 Å². The number of benzene rings is 2. The van der Waals surface area contributed by atoms with Crippen LogP contribution in [0.2, 0.25) is 0 Å². The summed E-state index contributed by atoms with van der Waals surface area (Å²) in [7, 11) is 0. The molecule has 0 aliphatic rings. The largest absolute Gasteiger partial charge is 0.544 e. The van der Waals surface area contributed by atoms with Gasteiger partial charge in [0.05, 0.1) is 5.97 Å². The van der Waals surface area contributed by atoms with E-state index >= 15 is 0 Å². The number of aliphatic carboxylic acids is 1. The first kappa shape index (κ1) is 14.6. The van der Waals surface area contributed by atoms with Crippen LogP contribution in [0.15, 0.2) is 69.3 Å². The number of oxazole rings is 1. The van der Waals surface area contributed by atoms with Crippen LogP contribution in [-0.2, 0) is 4.79 Å². The number of hydrogen-bond donors (Lipinski definition) is 1. The van der Waals surface area contributed by atoms with Crippen LogP contribution in [0.1, 0.15) is 5.56 Å². The average molecular weight is 335 g/mol. The minimum Gasteiger partial charge on any atom is -0.544 e. The van der Waals surface area contributed by atoms with Crippen molar-refractivity contribution in [2.45, 2.75) is 5.22 Å². The van der Waals surface area contributed by atoms with E-state index in [1.807, 2.05) is 42.5 Å². The molecule has 0 atom stereocenters. The van der Waals surface area contributed by atoms with E-state index in [4.69, 9.17) is 4.42 Å². The molecule has 0 unspecified atom stereocenters. The van der Waals surface area contributed by atoms with Crippen LogP contribution >= 0.6 is 11.8 Å². The summed E-state index contributed by atoms with van der Waals surface area (Å²) in [4.78, 5) is 18.9. The number of rotatable bonds is 4. The standard InChI is InChI=1S/C18H12N2O3S/c21-17(22)16(9-11-10-19-13-6-2-1-5-12(11)13)24-18-20-14-7-3-4-8-15(14)23-18/h1-10,19H,(H,21,22)/p-1/b16-9+. The SMILES string of the molecule is O=C([O-])/C(=C\c1c[nH]c2ccccc12)Sc1nc2ccccc2o1.